The highest BCUT2D eigenvalue weighted by molar-refractivity contribution is 6.26. The zero-order chi connectivity index (χ0) is 24.1. The summed E-state index contributed by atoms with van der Waals surface area (Å²) < 4.78 is 22.1. The maximum Gasteiger partial charge on any atom is 0.263 e. The fourth-order valence-corrected chi connectivity index (χ4v) is 3.27. The lowest BCUT2D eigenvalue weighted by Crippen LogP contribution is -2.29. The van der Waals surface area contributed by atoms with Gasteiger partial charge in [0.2, 0.25) is 0 Å². The van der Waals surface area contributed by atoms with Crippen molar-refractivity contribution in [1.29, 1.82) is 0 Å². The molecule has 2 aromatic carbocycles. The van der Waals surface area contributed by atoms with E-state index in [1.807, 2.05) is 6.07 Å². The minimum atomic E-state index is -0.683. The molecule has 4 rings (SSSR count). The number of carbonyl (C=O) groups excluding carboxylic acids is 2. The lowest BCUT2D eigenvalue weighted by Gasteiger charge is -2.14. The first-order valence-electron chi connectivity index (χ1n) is 10.4. The molecule has 4 aromatic rings. The van der Waals surface area contributed by atoms with Crippen LogP contribution in [-0.4, -0.2) is 28.5 Å². The Balaban J connectivity index is 1.51. The van der Waals surface area contributed by atoms with Gasteiger partial charge in [-0.3, -0.25) is 9.59 Å². The number of amides is 2. The van der Waals surface area contributed by atoms with Crippen LogP contribution in [0.3, 0.4) is 0 Å². The normalized spacial score (nSPS) is 11.5. The molecule has 0 spiro atoms. The molecule has 0 bridgehead atoms. The summed E-state index contributed by atoms with van der Waals surface area (Å²) in [6.45, 7) is 1.61. The Bertz CT molecular complexity index is 1380. The van der Waals surface area contributed by atoms with Crippen molar-refractivity contribution in [2.75, 3.05) is 17.7 Å². The van der Waals surface area contributed by atoms with E-state index in [-0.39, 0.29) is 17.0 Å². The molecule has 0 saturated heterocycles. The number of allylic oxidation sites excluding steroid dienone is 1. The Morgan fingerprint density at radius 2 is 1.65 bits per heavy atom. The van der Waals surface area contributed by atoms with Gasteiger partial charge in [-0.25, -0.2) is 8.91 Å². The first-order chi connectivity index (χ1) is 16.5. The van der Waals surface area contributed by atoms with Gasteiger partial charge in [0.15, 0.2) is 17.3 Å². The second-order valence-electron chi connectivity index (χ2n) is 7.30. The molecule has 0 aliphatic heterocycles. The number of fused-ring (bicyclic) bond motifs is 1. The fraction of sp³-hybridized carbons (Fsp3) is 0.0800. The molecular weight excluding hydrogens is 437 g/mol. The molecule has 0 atom stereocenters. The highest BCUT2D eigenvalue weighted by Gasteiger charge is 2.22. The number of hydrogen-bond acceptors (Lipinski definition) is 5. The standard InChI is InChI=1S/C25H22FN5O3/c1-16(27-2)23(24(32)29-17-7-4-3-5-8-17)25(33)30-18-10-11-21(19(26)15-18)34-22-12-13-28-31-14-6-9-20(22)31/h3-15,27H,1-2H3,(H,29,32)(H,30,33)/b23-16+. The van der Waals surface area contributed by atoms with Gasteiger partial charge in [0.1, 0.15) is 11.1 Å². The smallest absolute Gasteiger partial charge is 0.263 e. The summed E-state index contributed by atoms with van der Waals surface area (Å²) in [6, 6.07) is 18.0. The van der Waals surface area contributed by atoms with Crippen LogP contribution in [0.15, 0.2) is 90.4 Å². The number of anilines is 2. The number of aromatic nitrogens is 2. The molecule has 0 saturated carbocycles. The number of halogens is 1. The Morgan fingerprint density at radius 1 is 0.912 bits per heavy atom. The van der Waals surface area contributed by atoms with Crippen molar-refractivity contribution in [1.82, 2.24) is 14.9 Å². The van der Waals surface area contributed by atoms with Crippen LogP contribution in [0.4, 0.5) is 15.8 Å². The average Bonchev–Trinajstić information content (AvgIpc) is 3.31. The molecule has 9 heteroatoms. The monoisotopic (exact) mass is 459 g/mol. The molecule has 0 aliphatic rings. The van der Waals surface area contributed by atoms with E-state index >= 15 is 0 Å². The molecule has 0 radical (unpaired) electrons. The van der Waals surface area contributed by atoms with Gasteiger partial charge in [-0.2, -0.15) is 5.10 Å². The maximum atomic E-state index is 14.8. The van der Waals surface area contributed by atoms with Crippen LogP contribution in [0.5, 0.6) is 11.5 Å². The summed E-state index contributed by atoms with van der Waals surface area (Å²) in [4.78, 5) is 25.7. The number of hydrogen-bond donors (Lipinski definition) is 3. The third-order valence-corrected chi connectivity index (χ3v) is 5.04. The maximum absolute atomic E-state index is 14.8. The molecule has 0 unspecified atom stereocenters. The van der Waals surface area contributed by atoms with E-state index in [4.69, 9.17) is 4.74 Å². The summed E-state index contributed by atoms with van der Waals surface area (Å²) in [5.41, 5.74) is 1.63. The van der Waals surface area contributed by atoms with Crippen LogP contribution in [-0.2, 0) is 9.59 Å². The number of ether oxygens (including phenoxy) is 1. The molecule has 2 heterocycles. The zero-order valence-electron chi connectivity index (χ0n) is 18.5. The van der Waals surface area contributed by atoms with Crippen LogP contribution in [0.2, 0.25) is 0 Å². The van der Waals surface area contributed by atoms with E-state index in [1.54, 1.807) is 73.3 Å². The summed E-state index contributed by atoms with van der Waals surface area (Å²) in [5, 5.41) is 12.2. The zero-order valence-corrected chi connectivity index (χ0v) is 18.5. The lowest BCUT2D eigenvalue weighted by molar-refractivity contribution is -0.118. The fourth-order valence-electron chi connectivity index (χ4n) is 3.27. The Labute approximate surface area is 195 Å². The average molecular weight is 459 g/mol. The van der Waals surface area contributed by atoms with E-state index in [0.717, 1.165) is 6.07 Å². The second-order valence-corrected chi connectivity index (χ2v) is 7.30. The molecule has 172 valence electrons. The summed E-state index contributed by atoms with van der Waals surface area (Å²) in [6.07, 6.45) is 3.30. The molecule has 0 aliphatic carbocycles. The van der Waals surface area contributed by atoms with Crippen LogP contribution in [0, 0.1) is 5.82 Å². The topological polar surface area (TPSA) is 96.8 Å². The first kappa shape index (κ1) is 22.5. The van der Waals surface area contributed by atoms with E-state index < -0.39 is 17.6 Å². The van der Waals surface area contributed by atoms with Crippen molar-refractivity contribution < 1.29 is 18.7 Å². The third kappa shape index (κ3) is 4.88. The van der Waals surface area contributed by atoms with Crippen LogP contribution >= 0.6 is 0 Å². The Kier molecular flexibility index (Phi) is 6.54. The van der Waals surface area contributed by atoms with E-state index in [0.29, 0.717) is 22.7 Å². The lowest BCUT2D eigenvalue weighted by atomic mass is 10.1. The van der Waals surface area contributed by atoms with Crippen LogP contribution in [0.25, 0.3) is 5.52 Å². The summed E-state index contributed by atoms with van der Waals surface area (Å²) in [5.74, 6) is -1.54. The molecule has 2 amide bonds. The van der Waals surface area contributed by atoms with Crippen LogP contribution in [0.1, 0.15) is 6.92 Å². The number of carbonyl (C=O) groups is 2. The van der Waals surface area contributed by atoms with Crippen molar-refractivity contribution in [2.45, 2.75) is 6.92 Å². The molecule has 34 heavy (non-hydrogen) atoms. The van der Waals surface area contributed by atoms with Gasteiger partial charge < -0.3 is 20.7 Å². The van der Waals surface area contributed by atoms with Crippen molar-refractivity contribution in [3.63, 3.8) is 0 Å². The van der Waals surface area contributed by atoms with Gasteiger partial charge in [-0.05, 0) is 43.3 Å². The predicted molar refractivity (Wildman–Crippen MR) is 127 cm³/mol. The molecule has 8 nitrogen and oxygen atoms in total. The number of benzene rings is 2. The molecule has 0 fully saturated rings. The predicted octanol–water partition coefficient (Wildman–Crippen LogP) is 4.34. The van der Waals surface area contributed by atoms with Crippen molar-refractivity contribution in [2.24, 2.45) is 0 Å². The van der Waals surface area contributed by atoms with E-state index in [1.165, 1.54) is 12.1 Å². The third-order valence-electron chi connectivity index (χ3n) is 5.04. The Hall–Kier alpha value is -4.66. The number of nitrogens with zero attached hydrogens (tertiary/aromatic N) is 2. The van der Waals surface area contributed by atoms with Gasteiger partial charge >= 0.3 is 0 Å². The van der Waals surface area contributed by atoms with Gasteiger partial charge in [0.05, 0.1) is 6.20 Å². The second kappa shape index (κ2) is 9.86. The van der Waals surface area contributed by atoms with E-state index in [9.17, 15) is 14.0 Å². The highest BCUT2D eigenvalue weighted by Crippen LogP contribution is 2.29. The van der Waals surface area contributed by atoms with Gasteiger partial charge in [0.25, 0.3) is 11.8 Å². The van der Waals surface area contributed by atoms with Crippen molar-refractivity contribution in [3.8, 4) is 11.5 Å². The largest absolute Gasteiger partial charge is 0.452 e. The van der Waals surface area contributed by atoms with E-state index in [2.05, 4.69) is 21.0 Å². The van der Waals surface area contributed by atoms with Gasteiger partial charge in [-0.15, -0.1) is 0 Å². The minimum Gasteiger partial charge on any atom is -0.452 e. The molecule has 2 aromatic heterocycles. The highest BCUT2D eigenvalue weighted by atomic mass is 19.1. The first-order valence-corrected chi connectivity index (χ1v) is 10.4. The number of rotatable bonds is 7. The minimum absolute atomic E-state index is 0.0173. The Morgan fingerprint density at radius 3 is 2.35 bits per heavy atom. The quantitative estimate of drug-likeness (QED) is 0.217. The number of para-hydroxylation sites is 1. The van der Waals surface area contributed by atoms with Crippen molar-refractivity contribution in [3.05, 3.63) is 96.2 Å². The summed E-state index contributed by atoms with van der Waals surface area (Å²) in [7, 11) is 1.60. The number of nitrogens with one attached hydrogen (secondary N) is 3. The van der Waals surface area contributed by atoms with Crippen LogP contribution < -0.4 is 20.7 Å². The summed E-state index contributed by atoms with van der Waals surface area (Å²) >= 11 is 0. The SMILES string of the molecule is CN/C(C)=C(\C(=O)Nc1ccccc1)C(=O)Nc1ccc(Oc2ccnn3cccc23)c(F)c1. The van der Waals surface area contributed by atoms with Crippen molar-refractivity contribution >= 4 is 28.7 Å². The van der Waals surface area contributed by atoms with Gasteiger partial charge in [0, 0.05) is 42.4 Å². The molecule has 3 N–H and O–H groups in total. The van der Waals surface area contributed by atoms with Gasteiger partial charge in [-0.1, -0.05) is 18.2 Å². The molecular formula is C25H22FN5O3.